The van der Waals surface area contributed by atoms with Crippen molar-refractivity contribution < 1.29 is 8.42 Å². The summed E-state index contributed by atoms with van der Waals surface area (Å²) in [6.45, 7) is 0.444. The van der Waals surface area contributed by atoms with Crippen LogP contribution in [0.25, 0.3) is 0 Å². The number of sulfonamides is 1. The van der Waals surface area contributed by atoms with Gasteiger partial charge in [0.25, 0.3) is 0 Å². The molecule has 1 heterocycles. The van der Waals surface area contributed by atoms with Crippen LogP contribution in [0.4, 0.5) is 0 Å². The van der Waals surface area contributed by atoms with Gasteiger partial charge in [-0.05, 0) is 19.3 Å². The van der Waals surface area contributed by atoms with Crippen LogP contribution in [-0.4, -0.2) is 30.7 Å². The fraction of sp³-hybridized carbons (Fsp3) is 0.750. The molecule has 2 N–H and O–H groups in total. The smallest absolute Gasteiger partial charge is 0.218 e. The first-order valence-corrected chi connectivity index (χ1v) is 6.04. The maximum Gasteiger partial charge on any atom is 0.218 e. The molecular formula is C8H14N2O2S. The summed E-state index contributed by atoms with van der Waals surface area (Å²) < 4.78 is 25.0. The third-order valence-corrected chi connectivity index (χ3v) is 4.86. The molecule has 0 spiro atoms. The molecule has 0 aromatic rings. The Balaban J connectivity index is 2.19. The number of nitrogens with two attached hydrogens (primary N) is 1. The largest absolute Gasteiger partial charge is 0.315 e. The highest BCUT2D eigenvalue weighted by molar-refractivity contribution is 7.90. The zero-order valence-corrected chi connectivity index (χ0v) is 8.20. The van der Waals surface area contributed by atoms with E-state index < -0.39 is 10.0 Å². The first-order valence-electron chi connectivity index (χ1n) is 4.53. The lowest BCUT2D eigenvalue weighted by Crippen LogP contribution is -2.48. The monoisotopic (exact) mass is 202 g/mol. The zero-order valence-electron chi connectivity index (χ0n) is 7.39. The van der Waals surface area contributed by atoms with Crippen LogP contribution in [0.1, 0.15) is 19.3 Å². The molecule has 0 aromatic heterocycles. The van der Waals surface area contributed by atoms with Gasteiger partial charge in [0.1, 0.15) is 0 Å². The van der Waals surface area contributed by atoms with Gasteiger partial charge in [0, 0.05) is 6.54 Å². The van der Waals surface area contributed by atoms with Crippen molar-refractivity contribution in [3.05, 3.63) is 12.2 Å². The van der Waals surface area contributed by atoms with Crippen molar-refractivity contribution in [2.24, 2.45) is 5.73 Å². The third kappa shape index (κ3) is 1.63. The Morgan fingerprint density at radius 1 is 1.31 bits per heavy atom. The van der Waals surface area contributed by atoms with Crippen molar-refractivity contribution in [2.75, 3.05) is 6.54 Å². The number of nitrogens with zero attached hydrogens (tertiary/aromatic N) is 1. The molecule has 2 rings (SSSR count). The highest BCUT2D eigenvalue weighted by atomic mass is 32.2. The first kappa shape index (κ1) is 9.18. The van der Waals surface area contributed by atoms with Crippen LogP contribution in [0.3, 0.4) is 0 Å². The SMILES string of the molecule is NC1CC=CCN1S(=O)(=O)C1CC1. The molecule has 1 aliphatic heterocycles. The van der Waals surface area contributed by atoms with E-state index in [1.807, 2.05) is 12.2 Å². The minimum absolute atomic E-state index is 0.148. The molecule has 0 saturated heterocycles. The summed E-state index contributed by atoms with van der Waals surface area (Å²) in [7, 11) is -3.08. The minimum Gasteiger partial charge on any atom is -0.315 e. The molecule has 1 aliphatic carbocycles. The molecule has 1 atom stereocenters. The fourth-order valence-electron chi connectivity index (χ4n) is 1.52. The maximum atomic E-state index is 11.8. The molecule has 13 heavy (non-hydrogen) atoms. The van der Waals surface area contributed by atoms with Gasteiger partial charge in [0.05, 0.1) is 11.4 Å². The molecule has 1 fully saturated rings. The lowest BCUT2D eigenvalue weighted by Gasteiger charge is -2.28. The Labute approximate surface area is 78.5 Å². The zero-order chi connectivity index (χ0) is 9.47. The number of hydrogen-bond acceptors (Lipinski definition) is 3. The van der Waals surface area contributed by atoms with Gasteiger partial charge < -0.3 is 5.73 Å². The highest BCUT2D eigenvalue weighted by Crippen LogP contribution is 2.32. The van der Waals surface area contributed by atoms with Crippen molar-refractivity contribution in [2.45, 2.75) is 30.7 Å². The van der Waals surface area contributed by atoms with Crippen LogP contribution < -0.4 is 5.73 Å². The second-order valence-electron chi connectivity index (χ2n) is 3.59. The van der Waals surface area contributed by atoms with Gasteiger partial charge in [-0.2, -0.15) is 4.31 Å². The quantitative estimate of drug-likeness (QED) is 0.642. The Kier molecular flexibility index (Phi) is 2.17. The van der Waals surface area contributed by atoms with Crippen LogP contribution in [0.15, 0.2) is 12.2 Å². The van der Waals surface area contributed by atoms with Gasteiger partial charge in [-0.25, -0.2) is 8.42 Å². The Hall–Kier alpha value is -0.390. The van der Waals surface area contributed by atoms with Crippen LogP contribution in [0.5, 0.6) is 0 Å². The molecule has 4 nitrogen and oxygen atoms in total. The van der Waals surface area contributed by atoms with Gasteiger partial charge in [-0.15, -0.1) is 0 Å². The van der Waals surface area contributed by atoms with Crippen molar-refractivity contribution in [1.29, 1.82) is 0 Å². The number of rotatable bonds is 2. The molecule has 74 valence electrons. The summed E-state index contributed by atoms with van der Waals surface area (Å²) >= 11 is 0. The van der Waals surface area contributed by atoms with Crippen LogP contribution in [0.2, 0.25) is 0 Å². The van der Waals surface area contributed by atoms with E-state index in [0.29, 0.717) is 13.0 Å². The summed E-state index contributed by atoms with van der Waals surface area (Å²) in [5.41, 5.74) is 5.73. The van der Waals surface area contributed by atoms with E-state index in [0.717, 1.165) is 12.8 Å². The van der Waals surface area contributed by atoms with Crippen molar-refractivity contribution in [1.82, 2.24) is 4.31 Å². The van der Waals surface area contributed by atoms with Gasteiger partial charge in [0.2, 0.25) is 10.0 Å². The maximum absolute atomic E-state index is 11.8. The molecule has 5 heteroatoms. The van der Waals surface area contributed by atoms with Gasteiger partial charge >= 0.3 is 0 Å². The van der Waals surface area contributed by atoms with Crippen molar-refractivity contribution >= 4 is 10.0 Å². The lowest BCUT2D eigenvalue weighted by atomic mass is 10.2. The molecule has 0 radical (unpaired) electrons. The molecule has 1 saturated carbocycles. The van der Waals surface area contributed by atoms with Crippen LogP contribution in [0, 0.1) is 0 Å². The normalized spacial score (nSPS) is 30.7. The van der Waals surface area contributed by atoms with Crippen LogP contribution in [-0.2, 0) is 10.0 Å². The van der Waals surface area contributed by atoms with E-state index in [1.54, 1.807) is 0 Å². The molecule has 1 unspecified atom stereocenters. The van der Waals surface area contributed by atoms with Gasteiger partial charge in [0.15, 0.2) is 0 Å². The summed E-state index contributed by atoms with van der Waals surface area (Å²) in [6, 6.07) is 0. The van der Waals surface area contributed by atoms with E-state index in [-0.39, 0.29) is 11.4 Å². The van der Waals surface area contributed by atoms with E-state index >= 15 is 0 Å². The van der Waals surface area contributed by atoms with E-state index in [9.17, 15) is 8.42 Å². The first-order chi connectivity index (χ1) is 6.12. The summed E-state index contributed by atoms with van der Waals surface area (Å²) in [5.74, 6) is 0. The Bertz CT molecular complexity index is 319. The topological polar surface area (TPSA) is 63.4 Å². The highest BCUT2D eigenvalue weighted by Gasteiger charge is 2.41. The Morgan fingerprint density at radius 3 is 2.54 bits per heavy atom. The molecular weight excluding hydrogens is 188 g/mol. The predicted octanol–water partition coefficient (Wildman–Crippen LogP) is 0.0253. The van der Waals surface area contributed by atoms with E-state index in [4.69, 9.17) is 5.73 Å². The summed E-state index contributed by atoms with van der Waals surface area (Å²) in [5, 5.41) is -0.148. The minimum atomic E-state index is -3.08. The summed E-state index contributed by atoms with van der Waals surface area (Å²) in [4.78, 5) is 0. The fourth-order valence-corrected chi connectivity index (χ4v) is 3.39. The van der Waals surface area contributed by atoms with E-state index in [1.165, 1.54) is 4.31 Å². The molecule has 0 amide bonds. The third-order valence-electron chi connectivity index (χ3n) is 2.47. The number of hydrogen-bond donors (Lipinski definition) is 1. The second-order valence-corrected chi connectivity index (χ2v) is 5.75. The predicted molar refractivity (Wildman–Crippen MR) is 50.4 cm³/mol. The standard InChI is InChI=1S/C8H14N2O2S/c9-8-3-1-2-6-10(8)13(11,12)7-4-5-7/h1-2,7-8H,3-6,9H2. The molecule has 0 bridgehead atoms. The van der Waals surface area contributed by atoms with Crippen molar-refractivity contribution in [3.63, 3.8) is 0 Å². The van der Waals surface area contributed by atoms with Gasteiger partial charge in [-0.3, -0.25) is 0 Å². The average Bonchev–Trinajstić information content (AvgIpc) is 2.86. The lowest BCUT2D eigenvalue weighted by molar-refractivity contribution is 0.339. The van der Waals surface area contributed by atoms with Gasteiger partial charge in [-0.1, -0.05) is 12.2 Å². The average molecular weight is 202 g/mol. The molecule has 0 aromatic carbocycles. The molecule has 2 aliphatic rings. The van der Waals surface area contributed by atoms with Crippen LogP contribution >= 0.6 is 0 Å². The van der Waals surface area contributed by atoms with E-state index in [2.05, 4.69) is 0 Å². The van der Waals surface area contributed by atoms with Crippen molar-refractivity contribution in [3.8, 4) is 0 Å². The Morgan fingerprint density at radius 2 is 2.00 bits per heavy atom. The summed E-state index contributed by atoms with van der Waals surface area (Å²) in [6.07, 6.45) is 5.68. The second kappa shape index (κ2) is 3.08.